The first-order valence-corrected chi connectivity index (χ1v) is 9.98. The summed E-state index contributed by atoms with van der Waals surface area (Å²) in [5.41, 5.74) is 1.93. The van der Waals surface area contributed by atoms with Crippen LogP contribution in [0.25, 0.3) is 10.9 Å². The molecule has 0 unspecified atom stereocenters. The van der Waals surface area contributed by atoms with Gasteiger partial charge in [-0.2, -0.15) is 0 Å². The maximum Gasteiger partial charge on any atom is 0.265 e. The average Bonchev–Trinajstić information content (AvgIpc) is 2.67. The van der Waals surface area contributed by atoms with Crippen molar-refractivity contribution in [3.8, 4) is 11.5 Å². The molecule has 0 atom stereocenters. The molecule has 27 heavy (non-hydrogen) atoms. The SMILES string of the molecule is COc1ccc(C(C)C)cc1S(=O)(=O)Nc1ccc(OC)c2ncccc12. The molecular formula is C20H22N2O4S. The van der Waals surface area contributed by atoms with E-state index in [1.54, 1.807) is 49.7 Å². The highest BCUT2D eigenvalue weighted by molar-refractivity contribution is 7.92. The highest BCUT2D eigenvalue weighted by atomic mass is 32.2. The number of benzene rings is 2. The van der Waals surface area contributed by atoms with Crippen LogP contribution in [-0.4, -0.2) is 27.6 Å². The van der Waals surface area contributed by atoms with Crippen LogP contribution in [0.5, 0.6) is 11.5 Å². The number of ether oxygens (including phenoxy) is 2. The van der Waals surface area contributed by atoms with Gasteiger partial charge in [0.1, 0.15) is 21.9 Å². The fraction of sp³-hybridized carbons (Fsp3) is 0.250. The number of rotatable bonds is 6. The monoisotopic (exact) mass is 386 g/mol. The first-order chi connectivity index (χ1) is 12.9. The lowest BCUT2D eigenvalue weighted by Gasteiger charge is -2.16. The molecule has 3 rings (SSSR count). The topological polar surface area (TPSA) is 77.5 Å². The van der Waals surface area contributed by atoms with Crippen molar-refractivity contribution < 1.29 is 17.9 Å². The lowest BCUT2D eigenvalue weighted by molar-refractivity contribution is 0.402. The number of nitrogens with one attached hydrogen (secondary N) is 1. The van der Waals surface area contributed by atoms with Gasteiger partial charge in [-0.3, -0.25) is 9.71 Å². The number of hydrogen-bond donors (Lipinski definition) is 1. The summed E-state index contributed by atoms with van der Waals surface area (Å²) in [6.45, 7) is 4.02. The Morgan fingerprint density at radius 1 is 1.00 bits per heavy atom. The van der Waals surface area contributed by atoms with Gasteiger partial charge in [0, 0.05) is 11.6 Å². The first-order valence-electron chi connectivity index (χ1n) is 8.50. The minimum Gasteiger partial charge on any atom is -0.495 e. The van der Waals surface area contributed by atoms with E-state index in [0.29, 0.717) is 28.1 Å². The fourth-order valence-electron chi connectivity index (χ4n) is 2.86. The van der Waals surface area contributed by atoms with Gasteiger partial charge in [-0.15, -0.1) is 0 Å². The van der Waals surface area contributed by atoms with Gasteiger partial charge in [0.05, 0.1) is 19.9 Å². The molecule has 0 aliphatic heterocycles. The second-order valence-corrected chi connectivity index (χ2v) is 8.04. The Kier molecular flexibility index (Phi) is 5.23. The largest absolute Gasteiger partial charge is 0.495 e. The smallest absolute Gasteiger partial charge is 0.265 e. The molecule has 1 aromatic heterocycles. The highest BCUT2D eigenvalue weighted by Gasteiger charge is 2.22. The second kappa shape index (κ2) is 7.44. The summed E-state index contributed by atoms with van der Waals surface area (Å²) in [5.74, 6) is 1.06. The Labute approximate surface area is 159 Å². The van der Waals surface area contributed by atoms with Gasteiger partial charge < -0.3 is 9.47 Å². The Balaban J connectivity index is 2.11. The highest BCUT2D eigenvalue weighted by Crippen LogP contribution is 2.33. The van der Waals surface area contributed by atoms with Crippen molar-refractivity contribution in [3.63, 3.8) is 0 Å². The number of anilines is 1. The van der Waals surface area contributed by atoms with Crippen molar-refractivity contribution in [2.24, 2.45) is 0 Å². The third-order valence-corrected chi connectivity index (χ3v) is 5.73. The molecule has 0 saturated heterocycles. The Hall–Kier alpha value is -2.80. The summed E-state index contributed by atoms with van der Waals surface area (Å²) in [6, 6.07) is 12.1. The van der Waals surface area contributed by atoms with E-state index >= 15 is 0 Å². The summed E-state index contributed by atoms with van der Waals surface area (Å²) < 4.78 is 39.5. The molecule has 0 aliphatic carbocycles. The van der Waals surface area contributed by atoms with Crippen LogP contribution in [0.3, 0.4) is 0 Å². The summed E-state index contributed by atoms with van der Waals surface area (Å²) in [6.07, 6.45) is 1.64. The Morgan fingerprint density at radius 2 is 1.70 bits per heavy atom. The van der Waals surface area contributed by atoms with Crippen molar-refractivity contribution >= 4 is 26.6 Å². The third-order valence-electron chi connectivity index (χ3n) is 4.34. The molecular weight excluding hydrogens is 364 g/mol. The molecule has 0 fully saturated rings. The summed E-state index contributed by atoms with van der Waals surface area (Å²) in [5, 5.41) is 0.652. The second-order valence-electron chi connectivity index (χ2n) is 6.39. The quantitative estimate of drug-likeness (QED) is 0.688. The first kappa shape index (κ1) is 19.0. The third kappa shape index (κ3) is 3.68. The molecule has 1 N–H and O–H groups in total. The number of nitrogens with zero attached hydrogens (tertiary/aromatic N) is 1. The number of sulfonamides is 1. The van der Waals surface area contributed by atoms with Crippen LogP contribution in [0.4, 0.5) is 5.69 Å². The van der Waals surface area contributed by atoms with Crippen LogP contribution in [0, 0.1) is 0 Å². The summed E-state index contributed by atoms with van der Waals surface area (Å²) in [7, 11) is -0.861. The lowest BCUT2D eigenvalue weighted by Crippen LogP contribution is -2.15. The molecule has 0 bridgehead atoms. The van der Waals surface area contributed by atoms with Crippen LogP contribution < -0.4 is 14.2 Å². The molecule has 142 valence electrons. The zero-order chi connectivity index (χ0) is 19.6. The number of aromatic nitrogens is 1. The Morgan fingerprint density at radius 3 is 2.37 bits per heavy atom. The van der Waals surface area contributed by atoms with E-state index in [9.17, 15) is 8.42 Å². The molecule has 0 radical (unpaired) electrons. The molecule has 0 aliphatic rings. The summed E-state index contributed by atoms with van der Waals surface area (Å²) >= 11 is 0. The average molecular weight is 386 g/mol. The molecule has 3 aromatic rings. The normalized spacial score (nSPS) is 11.6. The fourth-order valence-corrected chi connectivity index (χ4v) is 4.15. The van der Waals surface area contributed by atoms with E-state index in [4.69, 9.17) is 9.47 Å². The molecule has 6 nitrogen and oxygen atoms in total. The van der Waals surface area contributed by atoms with Crippen molar-refractivity contribution in [2.45, 2.75) is 24.7 Å². The molecule has 1 heterocycles. The van der Waals surface area contributed by atoms with Gasteiger partial charge >= 0.3 is 0 Å². The van der Waals surface area contributed by atoms with E-state index in [-0.39, 0.29) is 10.8 Å². The zero-order valence-electron chi connectivity index (χ0n) is 15.7. The summed E-state index contributed by atoms with van der Waals surface area (Å²) in [4.78, 5) is 4.40. The number of fused-ring (bicyclic) bond motifs is 1. The number of methoxy groups -OCH3 is 2. The van der Waals surface area contributed by atoms with Crippen molar-refractivity contribution in [3.05, 3.63) is 54.2 Å². The van der Waals surface area contributed by atoms with Crippen LogP contribution >= 0.6 is 0 Å². The van der Waals surface area contributed by atoms with E-state index in [1.165, 1.54) is 7.11 Å². The maximum atomic E-state index is 13.1. The van der Waals surface area contributed by atoms with Gasteiger partial charge in [-0.25, -0.2) is 8.42 Å². The van der Waals surface area contributed by atoms with E-state index in [1.807, 2.05) is 19.9 Å². The van der Waals surface area contributed by atoms with Crippen LogP contribution in [0.1, 0.15) is 25.3 Å². The minimum absolute atomic E-state index is 0.101. The predicted molar refractivity (Wildman–Crippen MR) is 106 cm³/mol. The van der Waals surface area contributed by atoms with Crippen LogP contribution in [0.2, 0.25) is 0 Å². The van der Waals surface area contributed by atoms with Gasteiger partial charge in [-0.1, -0.05) is 19.9 Å². The van der Waals surface area contributed by atoms with Gasteiger partial charge in [0.2, 0.25) is 0 Å². The molecule has 0 amide bonds. The van der Waals surface area contributed by atoms with Gasteiger partial charge in [0.25, 0.3) is 10.0 Å². The van der Waals surface area contributed by atoms with Gasteiger partial charge in [0.15, 0.2) is 0 Å². The predicted octanol–water partition coefficient (Wildman–Crippen LogP) is 4.18. The van der Waals surface area contributed by atoms with E-state index in [0.717, 1.165) is 5.56 Å². The van der Waals surface area contributed by atoms with E-state index in [2.05, 4.69) is 9.71 Å². The zero-order valence-corrected chi connectivity index (χ0v) is 16.5. The molecule has 0 saturated carbocycles. The Bertz CT molecular complexity index is 1080. The van der Waals surface area contributed by atoms with E-state index < -0.39 is 10.0 Å². The standard InChI is InChI=1S/C20H22N2O4S/c1-13(2)14-7-9-17(25-3)19(12-14)27(23,24)22-16-8-10-18(26-4)20-15(16)6-5-11-21-20/h5-13,22H,1-4H3. The van der Waals surface area contributed by atoms with Crippen LogP contribution in [-0.2, 0) is 10.0 Å². The molecule has 0 spiro atoms. The van der Waals surface area contributed by atoms with Gasteiger partial charge in [-0.05, 0) is 47.9 Å². The molecule has 7 heteroatoms. The number of pyridine rings is 1. The minimum atomic E-state index is -3.87. The van der Waals surface area contributed by atoms with Crippen molar-refractivity contribution in [1.29, 1.82) is 0 Å². The number of hydrogen-bond acceptors (Lipinski definition) is 5. The van der Waals surface area contributed by atoms with Crippen molar-refractivity contribution in [1.82, 2.24) is 4.98 Å². The van der Waals surface area contributed by atoms with Crippen molar-refractivity contribution in [2.75, 3.05) is 18.9 Å². The maximum absolute atomic E-state index is 13.1. The van der Waals surface area contributed by atoms with Crippen LogP contribution in [0.15, 0.2) is 53.6 Å². The molecule has 2 aromatic carbocycles. The lowest BCUT2D eigenvalue weighted by atomic mass is 10.0.